The van der Waals surface area contributed by atoms with E-state index in [0.29, 0.717) is 12.6 Å². The van der Waals surface area contributed by atoms with Crippen molar-refractivity contribution in [3.8, 4) is 0 Å². The van der Waals surface area contributed by atoms with Gasteiger partial charge in [-0.05, 0) is 26.3 Å². The molecule has 0 aliphatic carbocycles. The van der Waals surface area contributed by atoms with Crippen LogP contribution in [0.1, 0.15) is 19.8 Å². The first-order valence-corrected chi connectivity index (χ1v) is 4.94. The van der Waals surface area contributed by atoms with Gasteiger partial charge in [0.25, 0.3) is 0 Å². The summed E-state index contributed by atoms with van der Waals surface area (Å²) in [5.74, 6) is -0.114. The number of hydrogen-bond acceptors (Lipinski definition) is 3. The summed E-state index contributed by atoms with van der Waals surface area (Å²) >= 11 is 0. The van der Waals surface area contributed by atoms with E-state index in [1.165, 1.54) is 6.42 Å². The Morgan fingerprint density at radius 1 is 1.77 bits per heavy atom. The standard InChI is InChI=1S/C10H15NO2/c1-2-13-10(12)8-5-7-11-6-3-4-9(8)11/h5,9H,2-4,6-7H2,1H3. The molecule has 0 aromatic rings. The molecule has 2 aliphatic rings. The fourth-order valence-corrected chi connectivity index (χ4v) is 2.18. The van der Waals surface area contributed by atoms with Gasteiger partial charge >= 0.3 is 5.97 Å². The van der Waals surface area contributed by atoms with Crippen molar-refractivity contribution in [1.82, 2.24) is 4.90 Å². The molecule has 2 rings (SSSR count). The van der Waals surface area contributed by atoms with Crippen LogP contribution in [0, 0.1) is 0 Å². The third-order valence-corrected chi connectivity index (χ3v) is 2.78. The van der Waals surface area contributed by atoms with E-state index >= 15 is 0 Å². The number of nitrogens with zero attached hydrogens (tertiary/aromatic N) is 1. The number of rotatable bonds is 2. The first kappa shape index (κ1) is 8.75. The zero-order chi connectivity index (χ0) is 9.26. The van der Waals surface area contributed by atoms with Gasteiger partial charge in [0.15, 0.2) is 0 Å². The molecule has 13 heavy (non-hydrogen) atoms. The molecule has 0 saturated carbocycles. The maximum atomic E-state index is 11.5. The van der Waals surface area contributed by atoms with Gasteiger partial charge in [-0.3, -0.25) is 4.90 Å². The van der Waals surface area contributed by atoms with Crippen molar-refractivity contribution in [2.24, 2.45) is 0 Å². The highest BCUT2D eigenvalue weighted by molar-refractivity contribution is 5.90. The lowest BCUT2D eigenvalue weighted by atomic mass is 10.1. The topological polar surface area (TPSA) is 29.5 Å². The number of fused-ring (bicyclic) bond motifs is 1. The van der Waals surface area contributed by atoms with Gasteiger partial charge in [-0.15, -0.1) is 0 Å². The molecule has 0 aromatic carbocycles. The predicted octanol–water partition coefficient (Wildman–Crippen LogP) is 0.954. The lowest BCUT2D eigenvalue weighted by molar-refractivity contribution is -0.138. The van der Waals surface area contributed by atoms with Crippen LogP contribution < -0.4 is 0 Å². The van der Waals surface area contributed by atoms with Gasteiger partial charge in [0.05, 0.1) is 12.2 Å². The van der Waals surface area contributed by atoms with E-state index in [9.17, 15) is 4.79 Å². The van der Waals surface area contributed by atoms with Crippen molar-refractivity contribution < 1.29 is 9.53 Å². The van der Waals surface area contributed by atoms with Gasteiger partial charge in [0, 0.05) is 12.6 Å². The van der Waals surface area contributed by atoms with Crippen LogP contribution in [0.4, 0.5) is 0 Å². The molecule has 0 bridgehead atoms. The van der Waals surface area contributed by atoms with E-state index in [0.717, 1.165) is 25.1 Å². The normalized spacial score (nSPS) is 27.2. The predicted molar refractivity (Wildman–Crippen MR) is 49.3 cm³/mol. The van der Waals surface area contributed by atoms with E-state index in [4.69, 9.17) is 4.74 Å². The Morgan fingerprint density at radius 3 is 3.38 bits per heavy atom. The molecular formula is C10H15NO2. The van der Waals surface area contributed by atoms with Crippen LogP contribution in [0.5, 0.6) is 0 Å². The Hall–Kier alpha value is -0.830. The second-order valence-corrected chi connectivity index (χ2v) is 3.53. The monoisotopic (exact) mass is 181 g/mol. The van der Waals surface area contributed by atoms with Crippen LogP contribution in [-0.2, 0) is 9.53 Å². The molecule has 0 amide bonds. The fourth-order valence-electron chi connectivity index (χ4n) is 2.18. The minimum atomic E-state index is -0.114. The van der Waals surface area contributed by atoms with E-state index in [-0.39, 0.29) is 5.97 Å². The zero-order valence-corrected chi connectivity index (χ0v) is 7.95. The maximum Gasteiger partial charge on any atom is 0.335 e. The van der Waals surface area contributed by atoms with Crippen LogP contribution in [-0.4, -0.2) is 36.6 Å². The molecule has 0 aromatic heterocycles. The number of esters is 1. The quantitative estimate of drug-likeness (QED) is 0.594. The summed E-state index contributed by atoms with van der Waals surface area (Å²) in [6.45, 7) is 4.38. The minimum absolute atomic E-state index is 0.114. The first-order chi connectivity index (χ1) is 6.33. The lowest BCUT2D eigenvalue weighted by Gasteiger charge is -2.16. The highest BCUT2D eigenvalue weighted by Crippen LogP contribution is 2.28. The van der Waals surface area contributed by atoms with E-state index in [1.54, 1.807) is 0 Å². The molecule has 2 aliphatic heterocycles. The molecule has 0 radical (unpaired) electrons. The third-order valence-electron chi connectivity index (χ3n) is 2.78. The molecule has 72 valence electrons. The third kappa shape index (κ3) is 1.48. The molecule has 0 N–H and O–H groups in total. The molecule has 3 heteroatoms. The molecule has 1 unspecified atom stereocenters. The Bertz CT molecular complexity index is 247. The number of hydrogen-bond donors (Lipinski definition) is 0. The Kier molecular flexibility index (Phi) is 2.36. The summed E-state index contributed by atoms with van der Waals surface area (Å²) in [4.78, 5) is 13.8. The van der Waals surface area contributed by atoms with Gasteiger partial charge < -0.3 is 4.74 Å². The average Bonchev–Trinajstić information content (AvgIpc) is 2.62. The van der Waals surface area contributed by atoms with Crippen LogP contribution in [0.3, 0.4) is 0 Å². The number of carbonyl (C=O) groups is 1. The molecule has 1 atom stereocenters. The highest BCUT2D eigenvalue weighted by atomic mass is 16.5. The van der Waals surface area contributed by atoms with E-state index in [1.807, 2.05) is 13.0 Å². The number of ether oxygens (including phenoxy) is 1. The Morgan fingerprint density at radius 2 is 2.62 bits per heavy atom. The van der Waals surface area contributed by atoms with Crippen molar-refractivity contribution >= 4 is 5.97 Å². The van der Waals surface area contributed by atoms with Crippen molar-refractivity contribution in [3.63, 3.8) is 0 Å². The van der Waals surface area contributed by atoms with Gasteiger partial charge in [0.1, 0.15) is 0 Å². The molecule has 1 saturated heterocycles. The van der Waals surface area contributed by atoms with Crippen LogP contribution >= 0.6 is 0 Å². The second-order valence-electron chi connectivity index (χ2n) is 3.53. The second kappa shape index (κ2) is 3.50. The highest BCUT2D eigenvalue weighted by Gasteiger charge is 2.35. The van der Waals surface area contributed by atoms with Crippen molar-refractivity contribution in [1.29, 1.82) is 0 Å². The summed E-state index contributed by atoms with van der Waals surface area (Å²) in [6, 6.07) is 0.360. The first-order valence-electron chi connectivity index (χ1n) is 4.94. The van der Waals surface area contributed by atoms with Gasteiger partial charge in [-0.1, -0.05) is 6.08 Å². The van der Waals surface area contributed by atoms with Crippen molar-refractivity contribution in [2.75, 3.05) is 19.7 Å². The molecule has 0 spiro atoms. The van der Waals surface area contributed by atoms with Crippen LogP contribution in [0.2, 0.25) is 0 Å². The fraction of sp³-hybridized carbons (Fsp3) is 0.700. The SMILES string of the molecule is CCOC(=O)C1=CCN2CCCC12. The lowest BCUT2D eigenvalue weighted by Crippen LogP contribution is -2.27. The summed E-state index contributed by atoms with van der Waals surface area (Å²) in [5, 5.41) is 0. The van der Waals surface area contributed by atoms with E-state index in [2.05, 4.69) is 4.90 Å². The molecular weight excluding hydrogens is 166 g/mol. The van der Waals surface area contributed by atoms with Gasteiger partial charge in [0.2, 0.25) is 0 Å². The van der Waals surface area contributed by atoms with E-state index < -0.39 is 0 Å². The summed E-state index contributed by atoms with van der Waals surface area (Å²) in [6.07, 6.45) is 4.34. The summed E-state index contributed by atoms with van der Waals surface area (Å²) in [7, 11) is 0. The smallest absolute Gasteiger partial charge is 0.335 e. The molecule has 3 nitrogen and oxygen atoms in total. The molecule has 1 fully saturated rings. The Labute approximate surface area is 78.4 Å². The van der Waals surface area contributed by atoms with Gasteiger partial charge in [-0.2, -0.15) is 0 Å². The van der Waals surface area contributed by atoms with Gasteiger partial charge in [-0.25, -0.2) is 4.79 Å². The van der Waals surface area contributed by atoms with Crippen LogP contribution in [0.25, 0.3) is 0 Å². The summed E-state index contributed by atoms with van der Waals surface area (Å²) in [5.41, 5.74) is 0.888. The largest absolute Gasteiger partial charge is 0.463 e. The maximum absolute atomic E-state index is 11.5. The molecule has 2 heterocycles. The minimum Gasteiger partial charge on any atom is -0.463 e. The average molecular weight is 181 g/mol. The summed E-state index contributed by atoms with van der Waals surface area (Å²) < 4.78 is 5.00. The van der Waals surface area contributed by atoms with Crippen LogP contribution in [0.15, 0.2) is 11.6 Å². The van der Waals surface area contributed by atoms with Crippen molar-refractivity contribution in [2.45, 2.75) is 25.8 Å². The van der Waals surface area contributed by atoms with Crippen molar-refractivity contribution in [3.05, 3.63) is 11.6 Å². The Balaban J connectivity index is 2.03. The zero-order valence-electron chi connectivity index (χ0n) is 7.95. The number of carbonyl (C=O) groups excluding carboxylic acids is 1.